The maximum Gasteiger partial charge on any atom is 0.264 e. The number of aryl methyl sites for hydroxylation is 4. The lowest BCUT2D eigenvalue weighted by molar-refractivity contribution is -0.119. The van der Waals surface area contributed by atoms with Crippen molar-refractivity contribution in [2.45, 2.75) is 39.5 Å². The first-order chi connectivity index (χ1) is 18.1. The summed E-state index contributed by atoms with van der Waals surface area (Å²) in [6.45, 7) is 9.40. The van der Waals surface area contributed by atoms with Gasteiger partial charge in [-0.2, -0.15) is 5.10 Å². The monoisotopic (exact) mass is 528 g/mol. The van der Waals surface area contributed by atoms with E-state index in [0.717, 1.165) is 38.1 Å². The molecule has 0 saturated carbocycles. The second kappa shape index (κ2) is 11.1. The number of hydrazone groups is 1. The van der Waals surface area contributed by atoms with Gasteiger partial charge in [0.1, 0.15) is 6.54 Å². The molecule has 0 spiro atoms. The van der Waals surface area contributed by atoms with Crippen molar-refractivity contribution in [1.29, 1.82) is 0 Å². The summed E-state index contributed by atoms with van der Waals surface area (Å²) in [6.07, 6.45) is 1.58. The van der Waals surface area contributed by atoms with Crippen LogP contribution in [0, 0.1) is 34.6 Å². The van der Waals surface area contributed by atoms with E-state index in [0.29, 0.717) is 5.69 Å². The third-order valence-corrected chi connectivity index (χ3v) is 8.17. The van der Waals surface area contributed by atoms with Gasteiger partial charge in [0.2, 0.25) is 0 Å². The number of nitrogens with one attached hydrogen (secondary N) is 1. The van der Waals surface area contributed by atoms with Gasteiger partial charge < -0.3 is 4.57 Å². The number of benzene rings is 3. The molecule has 196 valence electrons. The van der Waals surface area contributed by atoms with E-state index in [9.17, 15) is 13.2 Å². The highest BCUT2D eigenvalue weighted by atomic mass is 32.2. The van der Waals surface area contributed by atoms with E-state index in [1.54, 1.807) is 30.5 Å². The molecule has 7 nitrogen and oxygen atoms in total. The smallest absolute Gasteiger partial charge is 0.264 e. The minimum atomic E-state index is -3.99. The largest absolute Gasteiger partial charge is 0.318 e. The average Bonchev–Trinajstić information content (AvgIpc) is 3.16. The highest BCUT2D eigenvalue weighted by Crippen LogP contribution is 2.27. The summed E-state index contributed by atoms with van der Waals surface area (Å²) in [5.74, 6) is -0.548. The average molecular weight is 529 g/mol. The summed E-state index contributed by atoms with van der Waals surface area (Å²) in [7, 11) is -3.99. The Morgan fingerprint density at radius 1 is 0.895 bits per heavy atom. The normalized spacial score (nSPS) is 11.6. The second-order valence-electron chi connectivity index (χ2n) is 9.41. The van der Waals surface area contributed by atoms with Gasteiger partial charge in [-0.25, -0.2) is 13.8 Å². The van der Waals surface area contributed by atoms with Crippen LogP contribution in [0.25, 0.3) is 5.69 Å². The summed E-state index contributed by atoms with van der Waals surface area (Å²) < 4.78 is 30.3. The first-order valence-electron chi connectivity index (χ1n) is 12.3. The van der Waals surface area contributed by atoms with Crippen molar-refractivity contribution < 1.29 is 13.2 Å². The Morgan fingerprint density at radius 3 is 2.21 bits per heavy atom. The van der Waals surface area contributed by atoms with Gasteiger partial charge in [-0.1, -0.05) is 53.6 Å². The van der Waals surface area contributed by atoms with Gasteiger partial charge in [-0.3, -0.25) is 9.10 Å². The topological polar surface area (TPSA) is 83.8 Å². The van der Waals surface area contributed by atoms with Crippen molar-refractivity contribution in [2.75, 3.05) is 10.8 Å². The van der Waals surface area contributed by atoms with Gasteiger partial charge in [0, 0.05) is 22.6 Å². The van der Waals surface area contributed by atoms with Gasteiger partial charge in [-0.15, -0.1) is 0 Å². The number of carbonyl (C=O) groups excluding carboxylic acids is 1. The number of amides is 1. The SMILES string of the molecule is Cc1ccc(-n2c(C)cc(/C=N\NC(=O)CN(c3ccc(C)cc3C)S(=O)(=O)c3ccccc3)c2C)cc1. The minimum Gasteiger partial charge on any atom is -0.318 e. The number of hydrogen-bond acceptors (Lipinski definition) is 4. The van der Waals surface area contributed by atoms with Crippen LogP contribution >= 0.6 is 0 Å². The maximum atomic E-state index is 13.5. The number of carbonyl (C=O) groups is 1. The van der Waals surface area contributed by atoms with Gasteiger partial charge >= 0.3 is 0 Å². The van der Waals surface area contributed by atoms with Crippen LogP contribution in [-0.2, 0) is 14.8 Å². The predicted octanol–water partition coefficient (Wildman–Crippen LogP) is 5.37. The van der Waals surface area contributed by atoms with Crippen molar-refractivity contribution in [2.24, 2.45) is 5.10 Å². The van der Waals surface area contributed by atoms with Crippen LogP contribution in [-0.4, -0.2) is 31.7 Å². The Balaban J connectivity index is 1.56. The number of nitrogens with zero attached hydrogens (tertiary/aromatic N) is 3. The fourth-order valence-electron chi connectivity index (χ4n) is 4.45. The number of sulfonamides is 1. The molecule has 0 radical (unpaired) electrons. The van der Waals surface area contributed by atoms with Crippen LogP contribution in [0.5, 0.6) is 0 Å². The van der Waals surface area contributed by atoms with Crippen molar-refractivity contribution >= 4 is 27.8 Å². The first-order valence-corrected chi connectivity index (χ1v) is 13.7. The van der Waals surface area contributed by atoms with E-state index in [1.165, 1.54) is 17.7 Å². The highest BCUT2D eigenvalue weighted by Gasteiger charge is 2.28. The van der Waals surface area contributed by atoms with Crippen molar-refractivity contribution in [3.63, 3.8) is 0 Å². The van der Waals surface area contributed by atoms with E-state index < -0.39 is 22.5 Å². The van der Waals surface area contributed by atoms with E-state index in [2.05, 4.69) is 39.4 Å². The molecule has 0 aliphatic rings. The maximum absolute atomic E-state index is 13.5. The predicted molar refractivity (Wildman–Crippen MR) is 153 cm³/mol. The lowest BCUT2D eigenvalue weighted by atomic mass is 10.1. The molecule has 1 N–H and O–H groups in total. The lowest BCUT2D eigenvalue weighted by Crippen LogP contribution is -2.40. The molecular weight excluding hydrogens is 496 g/mol. The number of rotatable bonds is 8. The summed E-state index contributed by atoms with van der Waals surface area (Å²) >= 11 is 0. The fourth-order valence-corrected chi connectivity index (χ4v) is 5.96. The molecule has 0 bridgehead atoms. The van der Waals surface area contributed by atoms with Crippen LogP contribution in [0.1, 0.15) is 33.6 Å². The third kappa shape index (κ3) is 5.70. The molecule has 1 heterocycles. The van der Waals surface area contributed by atoms with Crippen molar-refractivity contribution in [3.05, 3.63) is 113 Å². The molecule has 4 rings (SSSR count). The Labute approximate surface area is 224 Å². The van der Waals surface area contributed by atoms with Crippen LogP contribution in [0.4, 0.5) is 5.69 Å². The third-order valence-electron chi connectivity index (χ3n) is 6.39. The molecule has 0 saturated heterocycles. The van der Waals surface area contributed by atoms with Gasteiger partial charge in [0.15, 0.2) is 0 Å². The molecule has 8 heteroatoms. The van der Waals surface area contributed by atoms with Crippen molar-refractivity contribution in [3.8, 4) is 5.69 Å². The second-order valence-corrected chi connectivity index (χ2v) is 11.3. The molecular formula is C30H32N4O3S. The molecule has 0 aliphatic heterocycles. The highest BCUT2D eigenvalue weighted by molar-refractivity contribution is 7.92. The summed E-state index contributed by atoms with van der Waals surface area (Å²) in [5.41, 5.74) is 9.80. The van der Waals surface area contributed by atoms with Crippen LogP contribution in [0.3, 0.4) is 0 Å². The molecule has 1 amide bonds. The van der Waals surface area contributed by atoms with E-state index in [4.69, 9.17) is 0 Å². The molecule has 0 fully saturated rings. The number of anilines is 1. The Kier molecular flexibility index (Phi) is 7.83. The Bertz CT molecular complexity index is 1590. The van der Waals surface area contributed by atoms with E-state index in [-0.39, 0.29) is 4.90 Å². The van der Waals surface area contributed by atoms with E-state index in [1.807, 2.05) is 52.8 Å². The summed E-state index contributed by atoms with van der Waals surface area (Å²) in [4.78, 5) is 13.1. The van der Waals surface area contributed by atoms with Crippen molar-refractivity contribution in [1.82, 2.24) is 9.99 Å². The van der Waals surface area contributed by atoms with Crippen LogP contribution < -0.4 is 9.73 Å². The summed E-state index contributed by atoms with van der Waals surface area (Å²) in [6, 6.07) is 23.8. The molecule has 0 aliphatic carbocycles. The fraction of sp³-hybridized carbons (Fsp3) is 0.200. The molecule has 0 atom stereocenters. The molecule has 3 aromatic carbocycles. The zero-order chi connectivity index (χ0) is 27.4. The Hall–Kier alpha value is -4.17. The van der Waals surface area contributed by atoms with Gasteiger partial charge in [0.25, 0.3) is 15.9 Å². The van der Waals surface area contributed by atoms with Crippen LogP contribution in [0.15, 0.2) is 88.9 Å². The Morgan fingerprint density at radius 2 is 1.55 bits per heavy atom. The molecule has 38 heavy (non-hydrogen) atoms. The molecule has 1 aromatic heterocycles. The van der Waals surface area contributed by atoms with E-state index >= 15 is 0 Å². The lowest BCUT2D eigenvalue weighted by Gasteiger charge is -2.25. The minimum absolute atomic E-state index is 0.111. The zero-order valence-electron chi connectivity index (χ0n) is 22.3. The number of hydrogen-bond donors (Lipinski definition) is 1. The molecule has 0 unspecified atom stereocenters. The standard InChI is InChI=1S/C30H32N4O3S/c1-21-11-14-27(15-12-21)34-24(4)18-26(25(34)5)19-31-32-30(35)20-33(29-16-13-22(2)17-23(29)3)38(36,37)28-9-7-6-8-10-28/h6-19H,20H2,1-5H3,(H,32,35)/b31-19-. The van der Waals surface area contributed by atoms with Crippen LogP contribution in [0.2, 0.25) is 0 Å². The first kappa shape index (κ1) is 26.9. The number of aromatic nitrogens is 1. The zero-order valence-corrected chi connectivity index (χ0v) is 23.1. The summed E-state index contributed by atoms with van der Waals surface area (Å²) in [5, 5.41) is 4.14. The van der Waals surface area contributed by atoms with Gasteiger partial charge in [0.05, 0.1) is 16.8 Å². The quantitative estimate of drug-likeness (QED) is 0.247. The van der Waals surface area contributed by atoms with Gasteiger partial charge in [-0.05, 0) is 76.6 Å². The molecule has 4 aromatic rings.